The molecule has 1 aliphatic heterocycles. The maximum absolute atomic E-state index is 13.5. The molecule has 1 heterocycles. The molecule has 1 fully saturated rings. The number of anilines is 2. The molecule has 4 rings (SSSR count). The minimum Gasteiger partial charge on any atom is -0.497 e. The second-order valence-corrected chi connectivity index (χ2v) is 8.59. The second-order valence-electron chi connectivity index (χ2n) is 8.22. The number of thiocarbonyl (C=S) groups is 1. The van der Waals surface area contributed by atoms with Crippen LogP contribution in [0.5, 0.6) is 11.5 Å². The molecular formula is C27H26FN3O4S. The first-order chi connectivity index (χ1) is 17.4. The predicted octanol–water partition coefficient (Wildman–Crippen LogP) is 4.42. The Balaban J connectivity index is 1.54. The van der Waals surface area contributed by atoms with Crippen LogP contribution in [-0.4, -0.2) is 48.6 Å². The highest BCUT2D eigenvalue weighted by molar-refractivity contribution is 7.80. The van der Waals surface area contributed by atoms with E-state index in [2.05, 4.69) is 5.32 Å². The molecule has 0 aliphatic carbocycles. The first-order valence-electron chi connectivity index (χ1n) is 11.4. The van der Waals surface area contributed by atoms with Crippen molar-refractivity contribution in [1.29, 1.82) is 0 Å². The average molecular weight is 508 g/mol. The van der Waals surface area contributed by atoms with Crippen molar-refractivity contribution in [3.05, 3.63) is 84.2 Å². The van der Waals surface area contributed by atoms with Gasteiger partial charge in [-0.3, -0.25) is 14.5 Å². The van der Waals surface area contributed by atoms with E-state index in [1.807, 2.05) is 0 Å². The minimum absolute atomic E-state index is 0.0823. The number of halogens is 1. The van der Waals surface area contributed by atoms with Crippen molar-refractivity contribution in [2.45, 2.75) is 18.9 Å². The maximum atomic E-state index is 13.5. The van der Waals surface area contributed by atoms with E-state index in [0.29, 0.717) is 41.0 Å². The summed E-state index contributed by atoms with van der Waals surface area (Å²) in [6.07, 6.45) is 0.446. The monoisotopic (exact) mass is 507 g/mol. The molecule has 1 saturated heterocycles. The van der Waals surface area contributed by atoms with Crippen molar-refractivity contribution in [1.82, 2.24) is 4.90 Å². The van der Waals surface area contributed by atoms with Crippen LogP contribution in [0.1, 0.15) is 12.0 Å². The zero-order valence-corrected chi connectivity index (χ0v) is 20.8. The lowest BCUT2D eigenvalue weighted by Crippen LogP contribution is -2.39. The molecule has 0 unspecified atom stereocenters. The van der Waals surface area contributed by atoms with E-state index in [0.717, 1.165) is 5.56 Å². The maximum Gasteiger partial charge on any atom is 0.256 e. The Labute approximate surface area is 214 Å². The number of hydrogen-bond donors (Lipinski definition) is 1. The van der Waals surface area contributed by atoms with Crippen LogP contribution in [0.3, 0.4) is 0 Å². The molecule has 0 spiro atoms. The topological polar surface area (TPSA) is 71.1 Å². The second kappa shape index (κ2) is 11.2. The van der Waals surface area contributed by atoms with Gasteiger partial charge in [0.15, 0.2) is 5.11 Å². The Bertz CT molecular complexity index is 1230. The van der Waals surface area contributed by atoms with E-state index in [-0.39, 0.29) is 24.1 Å². The smallest absolute Gasteiger partial charge is 0.256 e. The summed E-state index contributed by atoms with van der Waals surface area (Å²) in [4.78, 5) is 29.7. The molecule has 7 nitrogen and oxygen atoms in total. The number of carbonyl (C=O) groups is 2. The fourth-order valence-electron chi connectivity index (χ4n) is 4.02. The zero-order chi connectivity index (χ0) is 25.7. The summed E-state index contributed by atoms with van der Waals surface area (Å²) < 4.78 is 23.7. The van der Waals surface area contributed by atoms with Crippen molar-refractivity contribution >= 4 is 40.5 Å². The molecule has 36 heavy (non-hydrogen) atoms. The standard InChI is InChI=1S/C27H26FN3O4S/c1-34-22-11-7-20(8-12-22)29-25(32)17-24-26(33)31(21-9-13-23(35-2)14-10-21)27(36)30(24)16-15-18-3-5-19(28)6-4-18/h3-14,24H,15-17H2,1-2H3,(H,29,32)/t24-/m0/s1. The van der Waals surface area contributed by atoms with Crippen LogP contribution in [0.25, 0.3) is 0 Å². The van der Waals surface area contributed by atoms with Gasteiger partial charge in [0.1, 0.15) is 23.4 Å². The lowest BCUT2D eigenvalue weighted by atomic mass is 10.1. The molecule has 1 N–H and O–H groups in total. The highest BCUT2D eigenvalue weighted by Gasteiger charge is 2.43. The third kappa shape index (κ3) is 5.63. The molecule has 0 aromatic heterocycles. The van der Waals surface area contributed by atoms with Crippen molar-refractivity contribution in [2.24, 2.45) is 0 Å². The Kier molecular flexibility index (Phi) is 7.80. The van der Waals surface area contributed by atoms with E-state index in [1.165, 1.54) is 17.0 Å². The van der Waals surface area contributed by atoms with Gasteiger partial charge >= 0.3 is 0 Å². The summed E-state index contributed by atoms with van der Waals surface area (Å²) in [6.45, 7) is 0.392. The van der Waals surface area contributed by atoms with Crippen LogP contribution < -0.4 is 19.7 Å². The number of ether oxygens (including phenoxy) is 2. The van der Waals surface area contributed by atoms with E-state index < -0.39 is 6.04 Å². The molecule has 0 saturated carbocycles. The lowest BCUT2D eigenvalue weighted by molar-refractivity contribution is -0.124. The van der Waals surface area contributed by atoms with Crippen molar-refractivity contribution in [2.75, 3.05) is 31.0 Å². The molecule has 0 radical (unpaired) electrons. The van der Waals surface area contributed by atoms with Gasteiger partial charge in [-0.05, 0) is 84.9 Å². The van der Waals surface area contributed by atoms with Gasteiger partial charge in [0, 0.05) is 12.2 Å². The van der Waals surface area contributed by atoms with E-state index in [1.54, 1.807) is 79.8 Å². The summed E-state index contributed by atoms with van der Waals surface area (Å²) in [7, 11) is 3.13. The number of rotatable bonds is 9. The SMILES string of the molecule is COc1ccc(NC(=O)C[C@H]2C(=O)N(c3ccc(OC)cc3)C(=S)N2CCc2ccc(F)cc2)cc1. The highest BCUT2D eigenvalue weighted by atomic mass is 32.1. The Hall–Kier alpha value is -3.98. The fraction of sp³-hybridized carbons (Fsp3) is 0.222. The molecule has 3 aromatic rings. The van der Waals surface area contributed by atoms with Crippen LogP contribution in [-0.2, 0) is 16.0 Å². The zero-order valence-electron chi connectivity index (χ0n) is 19.9. The molecule has 2 amide bonds. The summed E-state index contributed by atoms with van der Waals surface area (Å²) in [6, 6.07) is 19.3. The van der Waals surface area contributed by atoms with Gasteiger partial charge in [0.25, 0.3) is 5.91 Å². The molecule has 9 heteroatoms. The summed E-state index contributed by atoms with van der Waals surface area (Å²) >= 11 is 5.70. The van der Waals surface area contributed by atoms with Crippen LogP contribution in [0.15, 0.2) is 72.8 Å². The van der Waals surface area contributed by atoms with Crippen LogP contribution in [0, 0.1) is 5.82 Å². The van der Waals surface area contributed by atoms with Gasteiger partial charge in [-0.1, -0.05) is 12.1 Å². The molecule has 186 valence electrons. The molecule has 1 atom stereocenters. The molecule has 1 aliphatic rings. The van der Waals surface area contributed by atoms with E-state index >= 15 is 0 Å². The minimum atomic E-state index is -0.779. The average Bonchev–Trinajstić information content (AvgIpc) is 3.12. The van der Waals surface area contributed by atoms with Crippen molar-refractivity contribution in [3.63, 3.8) is 0 Å². The number of hydrogen-bond acceptors (Lipinski definition) is 5. The van der Waals surface area contributed by atoms with Gasteiger partial charge < -0.3 is 19.7 Å². The molecule has 0 bridgehead atoms. The number of benzene rings is 3. The predicted molar refractivity (Wildman–Crippen MR) is 140 cm³/mol. The van der Waals surface area contributed by atoms with Gasteiger partial charge in [0.2, 0.25) is 5.91 Å². The van der Waals surface area contributed by atoms with Crippen molar-refractivity contribution in [3.8, 4) is 11.5 Å². The number of nitrogens with zero attached hydrogens (tertiary/aromatic N) is 2. The van der Waals surface area contributed by atoms with Gasteiger partial charge in [-0.25, -0.2) is 4.39 Å². The Morgan fingerprint density at radius 1 is 0.944 bits per heavy atom. The molecular weight excluding hydrogens is 481 g/mol. The number of nitrogens with one attached hydrogen (secondary N) is 1. The summed E-state index contributed by atoms with van der Waals surface area (Å²) in [5, 5.41) is 3.15. The Morgan fingerprint density at radius 3 is 2.11 bits per heavy atom. The van der Waals surface area contributed by atoms with E-state index in [9.17, 15) is 14.0 Å². The first-order valence-corrected chi connectivity index (χ1v) is 11.8. The Morgan fingerprint density at radius 2 is 1.53 bits per heavy atom. The first kappa shape index (κ1) is 25.1. The molecule has 3 aromatic carbocycles. The van der Waals surface area contributed by atoms with Gasteiger partial charge in [-0.2, -0.15) is 0 Å². The summed E-state index contributed by atoms with van der Waals surface area (Å²) in [5.41, 5.74) is 2.09. The van der Waals surface area contributed by atoms with Gasteiger partial charge in [0.05, 0.1) is 26.3 Å². The van der Waals surface area contributed by atoms with Crippen LogP contribution >= 0.6 is 12.2 Å². The number of carbonyl (C=O) groups excluding carboxylic acids is 2. The largest absolute Gasteiger partial charge is 0.497 e. The third-order valence-corrected chi connectivity index (χ3v) is 6.37. The number of methoxy groups -OCH3 is 2. The fourth-order valence-corrected chi connectivity index (χ4v) is 4.43. The third-order valence-electron chi connectivity index (χ3n) is 5.96. The quantitative estimate of drug-likeness (QED) is 0.433. The highest BCUT2D eigenvalue weighted by Crippen LogP contribution is 2.29. The van der Waals surface area contributed by atoms with E-state index in [4.69, 9.17) is 21.7 Å². The normalized spacial score (nSPS) is 15.2. The van der Waals surface area contributed by atoms with Gasteiger partial charge in [-0.15, -0.1) is 0 Å². The summed E-state index contributed by atoms with van der Waals surface area (Å²) in [5.74, 6) is 0.412. The van der Waals surface area contributed by atoms with Crippen molar-refractivity contribution < 1.29 is 23.5 Å². The lowest BCUT2D eigenvalue weighted by Gasteiger charge is -2.24. The number of amides is 2. The van der Waals surface area contributed by atoms with Crippen LogP contribution in [0.2, 0.25) is 0 Å². The van der Waals surface area contributed by atoms with Crippen LogP contribution in [0.4, 0.5) is 15.8 Å².